The summed E-state index contributed by atoms with van der Waals surface area (Å²) >= 11 is 0. The molecule has 2 heterocycles. The van der Waals surface area contributed by atoms with E-state index in [-0.39, 0.29) is 17.9 Å². The van der Waals surface area contributed by atoms with Gasteiger partial charge in [-0.15, -0.1) is 0 Å². The second-order valence-corrected chi connectivity index (χ2v) is 5.10. The molecule has 1 aliphatic heterocycles. The van der Waals surface area contributed by atoms with Crippen LogP contribution >= 0.6 is 0 Å². The molecule has 19 heavy (non-hydrogen) atoms. The van der Waals surface area contributed by atoms with Crippen molar-refractivity contribution in [2.75, 3.05) is 0 Å². The van der Waals surface area contributed by atoms with E-state index >= 15 is 0 Å². The minimum absolute atomic E-state index is 0.0361. The van der Waals surface area contributed by atoms with Crippen LogP contribution in [0.3, 0.4) is 0 Å². The molecule has 1 aliphatic rings. The molecule has 0 aliphatic carbocycles. The smallest absolute Gasteiger partial charge is 0.240 e. The highest BCUT2D eigenvalue weighted by Crippen LogP contribution is 2.12. The third kappa shape index (κ3) is 2.93. The maximum Gasteiger partial charge on any atom is 0.240 e. The number of aromatic amines is 1. The Labute approximate surface area is 111 Å². The first-order valence-electron chi connectivity index (χ1n) is 6.33. The number of rotatable bonds is 4. The summed E-state index contributed by atoms with van der Waals surface area (Å²) < 4.78 is 0. The molecule has 0 saturated carbocycles. The fraction of sp³-hybridized carbons (Fsp3) is 0.583. The van der Waals surface area contributed by atoms with Crippen LogP contribution < -0.4 is 16.4 Å². The minimum atomic E-state index is -0.644. The van der Waals surface area contributed by atoms with Crippen molar-refractivity contribution in [1.29, 1.82) is 0 Å². The summed E-state index contributed by atoms with van der Waals surface area (Å²) in [5, 5.41) is 5.80. The quantitative estimate of drug-likeness (QED) is 0.562. The molecule has 2 unspecified atom stereocenters. The Balaban J connectivity index is 2.00. The van der Waals surface area contributed by atoms with Gasteiger partial charge in [0.05, 0.1) is 23.8 Å². The third-order valence-corrected chi connectivity index (χ3v) is 3.32. The number of carbonyl (C=O) groups is 2. The van der Waals surface area contributed by atoms with E-state index < -0.39 is 11.9 Å². The van der Waals surface area contributed by atoms with Gasteiger partial charge in [-0.05, 0) is 5.92 Å². The van der Waals surface area contributed by atoms with Crippen LogP contribution in [-0.2, 0) is 22.6 Å². The van der Waals surface area contributed by atoms with Gasteiger partial charge < -0.3 is 16.0 Å². The standard InChI is InChI=1S/C12H19N5O2/c1-6(2)10(11(13)18)17-12(19)8-3-7-9(4-14-8)16-5-15-7/h5-6,8,10,14H,3-4H2,1-2H3,(H2,13,18)(H,15,16)(H,17,19). The van der Waals surface area contributed by atoms with Gasteiger partial charge in [-0.25, -0.2) is 4.98 Å². The molecule has 1 aromatic heterocycles. The van der Waals surface area contributed by atoms with Crippen LogP contribution in [0.5, 0.6) is 0 Å². The Bertz CT molecular complexity index is 482. The van der Waals surface area contributed by atoms with Crippen LogP contribution in [0, 0.1) is 5.92 Å². The first-order chi connectivity index (χ1) is 8.99. The monoisotopic (exact) mass is 265 g/mol. The number of H-pyrrole nitrogens is 1. The van der Waals surface area contributed by atoms with Gasteiger partial charge >= 0.3 is 0 Å². The summed E-state index contributed by atoms with van der Waals surface area (Å²) in [5.74, 6) is -0.767. The molecule has 1 aromatic rings. The lowest BCUT2D eigenvalue weighted by Gasteiger charge is -2.25. The summed E-state index contributed by atoms with van der Waals surface area (Å²) in [6.07, 6.45) is 2.13. The molecule has 0 radical (unpaired) electrons. The lowest BCUT2D eigenvalue weighted by atomic mass is 10.0. The zero-order chi connectivity index (χ0) is 14.0. The fourth-order valence-electron chi connectivity index (χ4n) is 2.17. The average Bonchev–Trinajstić information content (AvgIpc) is 2.81. The van der Waals surface area contributed by atoms with E-state index in [1.165, 1.54) is 0 Å². The van der Waals surface area contributed by atoms with Crippen molar-refractivity contribution in [3.63, 3.8) is 0 Å². The largest absolute Gasteiger partial charge is 0.368 e. The molecular weight excluding hydrogens is 246 g/mol. The van der Waals surface area contributed by atoms with Crippen LogP contribution in [0.25, 0.3) is 0 Å². The zero-order valence-electron chi connectivity index (χ0n) is 11.1. The van der Waals surface area contributed by atoms with Gasteiger partial charge in [0.1, 0.15) is 6.04 Å². The number of nitrogens with two attached hydrogens (primary N) is 1. The van der Waals surface area contributed by atoms with Crippen molar-refractivity contribution >= 4 is 11.8 Å². The van der Waals surface area contributed by atoms with Crippen molar-refractivity contribution in [2.45, 2.75) is 38.9 Å². The molecule has 2 rings (SSSR count). The van der Waals surface area contributed by atoms with E-state index in [4.69, 9.17) is 5.73 Å². The zero-order valence-corrected chi connectivity index (χ0v) is 11.1. The predicted molar refractivity (Wildman–Crippen MR) is 68.9 cm³/mol. The Hall–Kier alpha value is -1.89. The normalized spacial score (nSPS) is 19.8. The van der Waals surface area contributed by atoms with Gasteiger partial charge in [0.25, 0.3) is 0 Å². The maximum atomic E-state index is 12.1. The summed E-state index contributed by atoms with van der Waals surface area (Å²) in [4.78, 5) is 30.6. The van der Waals surface area contributed by atoms with Crippen molar-refractivity contribution in [3.05, 3.63) is 17.7 Å². The number of hydrogen-bond acceptors (Lipinski definition) is 4. The molecule has 0 bridgehead atoms. The van der Waals surface area contributed by atoms with Gasteiger partial charge in [-0.1, -0.05) is 13.8 Å². The summed E-state index contributed by atoms with van der Waals surface area (Å²) in [5.41, 5.74) is 7.17. The second-order valence-electron chi connectivity index (χ2n) is 5.10. The topological polar surface area (TPSA) is 113 Å². The van der Waals surface area contributed by atoms with Gasteiger partial charge in [0.15, 0.2) is 0 Å². The fourth-order valence-corrected chi connectivity index (χ4v) is 2.17. The van der Waals surface area contributed by atoms with Gasteiger partial charge in [0.2, 0.25) is 11.8 Å². The number of fused-ring (bicyclic) bond motifs is 1. The van der Waals surface area contributed by atoms with Crippen LogP contribution in [-0.4, -0.2) is 33.9 Å². The van der Waals surface area contributed by atoms with E-state index in [0.29, 0.717) is 13.0 Å². The highest BCUT2D eigenvalue weighted by molar-refractivity contribution is 5.89. The molecular formula is C12H19N5O2. The number of imidazole rings is 1. The molecule has 2 amide bonds. The first kappa shape index (κ1) is 13.5. The highest BCUT2D eigenvalue weighted by Gasteiger charge is 2.29. The van der Waals surface area contributed by atoms with Crippen LogP contribution in [0.15, 0.2) is 6.33 Å². The van der Waals surface area contributed by atoms with E-state index in [2.05, 4.69) is 20.6 Å². The van der Waals surface area contributed by atoms with Crippen LogP contribution in [0.4, 0.5) is 0 Å². The number of nitrogens with zero attached hydrogens (tertiary/aromatic N) is 1. The van der Waals surface area contributed by atoms with Crippen molar-refractivity contribution in [2.24, 2.45) is 11.7 Å². The maximum absolute atomic E-state index is 12.1. The highest BCUT2D eigenvalue weighted by atomic mass is 16.2. The van der Waals surface area contributed by atoms with Gasteiger partial charge in [-0.3, -0.25) is 14.9 Å². The van der Waals surface area contributed by atoms with Crippen molar-refractivity contribution < 1.29 is 9.59 Å². The first-order valence-corrected chi connectivity index (χ1v) is 6.33. The molecule has 0 aromatic carbocycles. The van der Waals surface area contributed by atoms with Gasteiger partial charge in [-0.2, -0.15) is 0 Å². The van der Waals surface area contributed by atoms with E-state index in [1.807, 2.05) is 13.8 Å². The molecule has 0 spiro atoms. The summed E-state index contributed by atoms with van der Waals surface area (Å²) in [6, 6.07) is -1.02. The molecule has 0 saturated heterocycles. The SMILES string of the molecule is CC(C)C(NC(=O)C1Cc2nc[nH]c2CN1)C(N)=O. The Morgan fingerprint density at radius 2 is 2.26 bits per heavy atom. The number of amides is 2. The lowest BCUT2D eigenvalue weighted by molar-refractivity contribution is -0.129. The molecule has 7 heteroatoms. The lowest BCUT2D eigenvalue weighted by Crippen LogP contribution is -2.55. The minimum Gasteiger partial charge on any atom is -0.368 e. The summed E-state index contributed by atoms with van der Waals surface area (Å²) in [7, 11) is 0. The van der Waals surface area contributed by atoms with Crippen LogP contribution in [0.2, 0.25) is 0 Å². The molecule has 7 nitrogen and oxygen atoms in total. The number of carbonyl (C=O) groups excluding carboxylic acids is 2. The number of hydrogen-bond donors (Lipinski definition) is 4. The number of nitrogens with one attached hydrogen (secondary N) is 3. The second kappa shape index (κ2) is 5.40. The van der Waals surface area contributed by atoms with E-state index in [1.54, 1.807) is 6.33 Å². The summed E-state index contributed by atoms with van der Waals surface area (Å²) in [6.45, 7) is 4.25. The average molecular weight is 265 g/mol. The number of aromatic nitrogens is 2. The molecule has 0 fully saturated rings. The molecule has 104 valence electrons. The van der Waals surface area contributed by atoms with E-state index in [0.717, 1.165) is 11.4 Å². The van der Waals surface area contributed by atoms with Gasteiger partial charge in [0, 0.05) is 13.0 Å². The van der Waals surface area contributed by atoms with Crippen molar-refractivity contribution in [1.82, 2.24) is 20.6 Å². The van der Waals surface area contributed by atoms with E-state index in [9.17, 15) is 9.59 Å². The Morgan fingerprint density at radius 1 is 1.53 bits per heavy atom. The third-order valence-electron chi connectivity index (χ3n) is 3.32. The van der Waals surface area contributed by atoms with Crippen LogP contribution in [0.1, 0.15) is 25.2 Å². The molecule has 2 atom stereocenters. The predicted octanol–water partition coefficient (Wildman–Crippen LogP) is -0.950. The van der Waals surface area contributed by atoms with Crippen molar-refractivity contribution in [3.8, 4) is 0 Å². The Morgan fingerprint density at radius 3 is 2.89 bits per heavy atom. The Kier molecular flexibility index (Phi) is 3.84. The molecule has 5 N–H and O–H groups in total. The number of primary amides is 1.